The van der Waals surface area contributed by atoms with E-state index >= 15 is 0 Å². The number of methoxy groups -OCH3 is 1. The Morgan fingerprint density at radius 2 is 2.17 bits per heavy atom. The molecule has 0 unspecified atom stereocenters. The molecular formula is C15H11N4O4S-. The van der Waals surface area contributed by atoms with Gasteiger partial charge >= 0.3 is 0 Å². The number of nitrogens with zero attached hydrogens (tertiary/aromatic N) is 3. The van der Waals surface area contributed by atoms with Gasteiger partial charge in [0.25, 0.3) is 5.69 Å². The Bertz CT molecular complexity index is 905. The third kappa shape index (κ3) is 3.10. The Hall–Kier alpha value is -3.20. The zero-order chi connectivity index (χ0) is 17.1. The van der Waals surface area contributed by atoms with E-state index in [0.29, 0.717) is 10.7 Å². The van der Waals surface area contributed by atoms with Crippen LogP contribution in [0.1, 0.15) is 5.56 Å². The second-order valence-corrected chi connectivity index (χ2v) is 5.72. The molecule has 0 aliphatic carbocycles. The van der Waals surface area contributed by atoms with E-state index in [2.05, 4.69) is 15.5 Å². The molecule has 1 aromatic heterocycles. The standard InChI is InChI=1S/C15H12N4O4S/c1-23-12-7-9(6-11(14(12)20)19(21)22)8-16-18-15-17-10-4-2-3-5-13(10)24-15/h2-8,20H,1H3,(H,17,18)/p-1/b16-8-. The van der Waals surface area contributed by atoms with Crippen molar-refractivity contribution >= 4 is 38.6 Å². The lowest BCUT2D eigenvalue weighted by Crippen LogP contribution is -2.02. The molecular weight excluding hydrogens is 332 g/mol. The summed E-state index contributed by atoms with van der Waals surface area (Å²) in [5.41, 5.74) is 3.43. The van der Waals surface area contributed by atoms with Crippen LogP contribution in [-0.2, 0) is 0 Å². The van der Waals surface area contributed by atoms with Crippen molar-refractivity contribution in [3.05, 3.63) is 52.1 Å². The van der Waals surface area contributed by atoms with Gasteiger partial charge in [-0.25, -0.2) is 4.98 Å². The van der Waals surface area contributed by atoms with E-state index in [-0.39, 0.29) is 5.75 Å². The highest BCUT2D eigenvalue weighted by Gasteiger charge is 2.12. The first-order valence-electron chi connectivity index (χ1n) is 6.76. The summed E-state index contributed by atoms with van der Waals surface area (Å²) in [5, 5.41) is 27.3. The topological polar surface area (TPSA) is 113 Å². The molecule has 1 N–H and O–H groups in total. The van der Waals surface area contributed by atoms with Crippen molar-refractivity contribution in [1.29, 1.82) is 0 Å². The van der Waals surface area contributed by atoms with Gasteiger partial charge in [-0.1, -0.05) is 23.5 Å². The molecule has 0 aliphatic rings. The molecule has 3 aromatic rings. The maximum absolute atomic E-state index is 11.8. The zero-order valence-electron chi connectivity index (χ0n) is 12.4. The van der Waals surface area contributed by atoms with Crippen LogP contribution in [0.3, 0.4) is 0 Å². The lowest BCUT2D eigenvalue weighted by atomic mass is 10.2. The van der Waals surface area contributed by atoms with E-state index in [0.717, 1.165) is 16.3 Å². The van der Waals surface area contributed by atoms with E-state index < -0.39 is 16.4 Å². The van der Waals surface area contributed by atoms with E-state index in [9.17, 15) is 15.2 Å². The average molecular weight is 343 g/mol. The monoisotopic (exact) mass is 343 g/mol. The van der Waals surface area contributed by atoms with Crippen LogP contribution < -0.4 is 15.3 Å². The summed E-state index contributed by atoms with van der Waals surface area (Å²) in [6.45, 7) is 0. The minimum Gasteiger partial charge on any atom is -0.865 e. The molecule has 3 rings (SSSR count). The normalized spacial score (nSPS) is 11.0. The predicted octanol–water partition coefficient (Wildman–Crippen LogP) is 2.73. The van der Waals surface area contributed by atoms with Crippen molar-refractivity contribution in [3.8, 4) is 11.5 Å². The molecule has 0 radical (unpaired) electrons. The summed E-state index contributed by atoms with van der Waals surface area (Å²) in [6.07, 6.45) is 1.36. The number of rotatable bonds is 5. The number of hydrazone groups is 1. The molecule has 0 aliphatic heterocycles. The van der Waals surface area contributed by atoms with Crippen molar-refractivity contribution in [2.45, 2.75) is 0 Å². The molecule has 0 saturated heterocycles. The SMILES string of the molecule is COc1cc(/C=N\Nc2nc3ccccc3s2)cc([N+](=O)[O-])c1[O-]. The van der Waals surface area contributed by atoms with Gasteiger partial charge in [0, 0.05) is 17.4 Å². The van der Waals surface area contributed by atoms with E-state index in [4.69, 9.17) is 4.74 Å². The number of thiazole rings is 1. The van der Waals surface area contributed by atoms with Gasteiger partial charge in [-0.15, -0.1) is 0 Å². The number of anilines is 1. The molecule has 24 heavy (non-hydrogen) atoms. The first-order chi connectivity index (χ1) is 11.6. The number of fused-ring (bicyclic) bond motifs is 1. The van der Waals surface area contributed by atoms with Crippen molar-refractivity contribution in [2.24, 2.45) is 5.10 Å². The largest absolute Gasteiger partial charge is 0.865 e. The third-order valence-corrected chi connectivity index (χ3v) is 4.08. The molecule has 9 heteroatoms. The van der Waals surface area contributed by atoms with Crippen LogP contribution in [0.15, 0.2) is 41.5 Å². The second-order valence-electron chi connectivity index (χ2n) is 4.69. The highest BCUT2D eigenvalue weighted by Crippen LogP contribution is 2.34. The fourth-order valence-corrected chi connectivity index (χ4v) is 2.87. The summed E-state index contributed by atoms with van der Waals surface area (Å²) in [4.78, 5) is 14.5. The van der Waals surface area contributed by atoms with Gasteiger partial charge in [0.15, 0.2) is 0 Å². The fourth-order valence-electron chi connectivity index (χ4n) is 2.05. The summed E-state index contributed by atoms with van der Waals surface area (Å²) < 4.78 is 5.89. The predicted molar refractivity (Wildman–Crippen MR) is 89.9 cm³/mol. The van der Waals surface area contributed by atoms with Crippen LogP contribution in [0.25, 0.3) is 10.2 Å². The Labute approximate surface area is 140 Å². The van der Waals surface area contributed by atoms with Gasteiger partial charge in [0.05, 0.1) is 28.5 Å². The van der Waals surface area contributed by atoms with Gasteiger partial charge < -0.3 is 9.84 Å². The van der Waals surface area contributed by atoms with E-state index in [1.54, 1.807) is 0 Å². The molecule has 2 aromatic carbocycles. The molecule has 0 saturated carbocycles. The first-order valence-corrected chi connectivity index (χ1v) is 7.58. The Kier molecular flexibility index (Phi) is 4.25. The smallest absolute Gasteiger partial charge is 0.266 e. The molecule has 1 heterocycles. The van der Waals surface area contributed by atoms with Crippen LogP contribution in [0.4, 0.5) is 10.8 Å². The molecule has 0 amide bonds. The summed E-state index contributed by atoms with van der Waals surface area (Å²) in [6, 6.07) is 10.2. The van der Waals surface area contributed by atoms with Crippen molar-refractivity contribution in [2.75, 3.05) is 12.5 Å². The van der Waals surface area contributed by atoms with Gasteiger partial charge in [-0.3, -0.25) is 15.5 Å². The number of benzene rings is 2. The summed E-state index contributed by atoms with van der Waals surface area (Å²) in [7, 11) is 1.28. The molecule has 122 valence electrons. The van der Waals surface area contributed by atoms with Crippen molar-refractivity contribution in [1.82, 2.24) is 4.98 Å². The van der Waals surface area contributed by atoms with Crippen LogP contribution in [-0.4, -0.2) is 23.2 Å². The number of para-hydroxylation sites is 1. The highest BCUT2D eigenvalue weighted by molar-refractivity contribution is 7.22. The van der Waals surface area contributed by atoms with Crippen molar-refractivity contribution in [3.63, 3.8) is 0 Å². The zero-order valence-corrected chi connectivity index (χ0v) is 13.2. The van der Waals surface area contributed by atoms with Gasteiger partial charge in [0.1, 0.15) is 5.75 Å². The number of hydrogen-bond acceptors (Lipinski definition) is 8. The van der Waals surface area contributed by atoms with Crippen LogP contribution in [0, 0.1) is 10.1 Å². The Balaban J connectivity index is 1.83. The minimum atomic E-state index is -0.765. The maximum Gasteiger partial charge on any atom is 0.266 e. The summed E-state index contributed by atoms with van der Waals surface area (Å²) >= 11 is 1.43. The third-order valence-electron chi connectivity index (χ3n) is 3.14. The fraction of sp³-hybridized carbons (Fsp3) is 0.0667. The van der Waals surface area contributed by atoms with Gasteiger partial charge in [-0.05, 0) is 18.2 Å². The van der Waals surface area contributed by atoms with Crippen LogP contribution >= 0.6 is 11.3 Å². The second kappa shape index (κ2) is 6.50. The van der Waals surface area contributed by atoms with Gasteiger partial charge in [-0.2, -0.15) is 5.10 Å². The number of hydrogen-bond donors (Lipinski definition) is 1. The molecule has 0 spiro atoms. The minimum absolute atomic E-state index is 0.106. The average Bonchev–Trinajstić information content (AvgIpc) is 2.98. The number of ether oxygens (including phenoxy) is 1. The lowest BCUT2D eigenvalue weighted by molar-refractivity contribution is -0.398. The molecule has 8 nitrogen and oxygen atoms in total. The number of nitro groups is 1. The van der Waals surface area contributed by atoms with Crippen LogP contribution in [0.5, 0.6) is 11.5 Å². The number of nitro benzene ring substituents is 1. The highest BCUT2D eigenvalue weighted by atomic mass is 32.1. The maximum atomic E-state index is 11.8. The molecule has 0 fully saturated rings. The summed E-state index contributed by atoms with van der Waals surface area (Å²) in [5.74, 6) is -0.871. The Morgan fingerprint density at radius 1 is 1.38 bits per heavy atom. The molecule has 0 atom stereocenters. The van der Waals surface area contributed by atoms with E-state index in [1.807, 2.05) is 24.3 Å². The Morgan fingerprint density at radius 3 is 2.88 bits per heavy atom. The number of aromatic nitrogens is 1. The number of nitrogens with one attached hydrogen (secondary N) is 1. The lowest BCUT2D eigenvalue weighted by Gasteiger charge is -2.12. The molecule has 0 bridgehead atoms. The quantitative estimate of drug-likeness (QED) is 0.433. The van der Waals surface area contributed by atoms with Crippen LogP contribution in [0.2, 0.25) is 0 Å². The van der Waals surface area contributed by atoms with Crippen molar-refractivity contribution < 1.29 is 14.8 Å². The first kappa shape index (κ1) is 15.7. The van der Waals surface area contributed by atoms with E-state index in [1.165, 1.54) is 30.7 Å². The van der Waals surface area contributed by atoms with Gasteiger partial charge in [0.2, 0.25) is 5.13 Å².